The van der Waals surface area contributed by atoms with Crippen molar-refractivity contribution in [3.05, 3.63) is 51.9 Å². The number of benzene rings is 1. The first-order valence-electron chi connectivity index (χ1n) is 8.55. The van der Waals surface area contributed by atoms with Gasteiger partial charge in [0.2, 0.25) is 5.91 Å². The maximum Gasteiger partial charge on any atom is 0.260 e. The molecule has 1 amide bonds. The molecule has 5 nitrogen and oxygen atoms in total. The zero-order valence-electron chi connectivity index (χ0n) is 14.7. The molecule has 136 valence electrons. The number of amides is 1. The van der Waals surface area contributed by atoms with Crippen LogP contribution in [0.4, 0.5) is 0 Å². The van der Waals surface area contributed by atoms with Crippen molar-refractivity contribution in [3.8, 4) is 11.1 Å². The van der Waals surface area contributed by atoms with E-state index in [0.717, 1.165) is 22.4 Å². The molecule has 2 aromatic heterocycles. The van der Waals surface area contributed by atoms with Crippen molar-refractivity contribution in [1.29, 1.82) is 0 Å². The molecule has 1 atom stereocenters. The zero-order valence-corrected chi connectivity index (χ0v) is 16.4. The summed E-state index contributed by atoms with van der Waals surface area (Å²) < 4.78 is 0. The summed E-state index contributed by atoms with van der Waals surface area (Å²) in [7, 11) is 0. The number of aromatic nitrogens is 2. The van der Waals surface area contributed by atoms with Gasteiger partial charge in [0.15, 0.2) is 0 Å². The molecule has 0 bridgehead atoms. The van der Waals surface area contributed by atoms with Gasteiger partial charge in [-0.05, 0) is 18.9 Å². The SMILES string of the molecule is CCCNC(=O)C(C)SCc1nc2scc(-c3ccccc3)c2c(=O)[nH]1. The zero-order chi connectivity index (χ0) is 18.5. The number of hydrogen-bond acceptors (Lipinski definition) is 5. The Morgan fingerprint density at radius 3 is 2.85 bits per heavy atom. The number of carbonyl (C=O) groups is 1. The van der Waals surface area contributed by atoms with Crippen LogP contribution < -0.4 is 10.9 Å². The summed E-state index contributed by atoms with van der Waals surface area (Å²) in [4.78, 5) is 32.7. The van der Waals surface area contributed by atoms with Crippen LogP contribution in [0.1, 0.15) is 26.1 Å². The van der Waals surface area contributed by atoms with Crippen LogP contribution >= 0.6 is 23.1 Å². The summed E-state index contributed by atoms with van der Waals surface area (Å²) in [5, 5.41) is 5.29. The second-order valence-electron chi connectivity index (χ2n) is 5.95. The molecule has 2 N–H and O–H groups in total. The van der Waals surface area contributed by atoms with Gasteiger partial charge in [-0.1, -0.05) is 37.3 Å². The van der Waals surface area contributed by atoms with E-state index in [1.165, 1.54) is 23.1 Å². The molecular weight excluding hydrogens is 366 g/mol. The minimum atomic E-state index is -0.189. The van der Waals surface area contributed by atoms with Gasteiger partial charge in [-0.2, -0.15) is 0 Å². The number of nitrogens with one attached hydrogen (secondary N) is 2. The van der Waals surface area contributed by atoms with Gasteiger partial charge in [0.1, 0.15) is 10.7 Å². The third-order valence-electron chi connectivity index (χ3n) is 3.97. The van der Waals surface area contributed by atoms with Crippen molar-refractivity contribution < 1.29 is 4.79 Å². The lowest BCUT2D eigenvalue weighted by Gasteiger charge is -2.11. The van der Waals surface area contributed by atoms with Gasteiger partial charge in [0.05, 0.1) is 16.4 Å². The number of aromatic amines is 1. The minimum Gasteiger partial charge on any atom is -0.355 e. The number of thioether (sulfide) groups is 1. The molecule has 0 saturated heterocycles. The van der Waals surface area contributed by atoms with E-state index in [1.54, 1.807) is 0 Å². The van der Waals surface area contributed by atoms with Gasteiger partial charge in [0, 0.05) is 17.5 Å². The van der Waals surface area contributed by atoms with Crippen molar-refractivity contribution in [2.45, 2.75) is 31.3 Å². The van der Waals surface area contributed by atoms with E-state index in [2.05, 4.69) is 15.3 Å². The van der Waals surface area contributed by atoms with E-state index in [0.29, 0.717) is 23.5 Å². The summed E-state index contributed by atoms with van der Waals surface area (Å²) in [5.41, 5.74) is 1.79. The van der Waals surface area contributed by atoms with Gasteiger partial charge in [-0.25, -0.2) is 4.98 Å². The lowest BCUT2D eigenvalue weighted by atomic mass is 10.1. The molecule has 2 heterocycles. The van der Waals surface area contributed by atoms with E-state index in [-0.39, 0.29) is 16.7 Å². The topological polar surface area (TPSA) is 74.8 Å². The number of rotatable bonds is 7. The number of nitrogens with zero attached hydrogens (tertiary/aromatic N) is 1. The fourth-order valence-electron chi connectivity index (χ4n) is 2.56. The van der Waals surface area contributed by atoms with Gasteiger partial charge < -0.3 is 10.3 Å². The number of fused-ring (bicyclic) bond motifs is 1. The van der Waals surface area contributed by atoms with Crippen molar-refractivity contribution in [1.82, 2.24) is 15.3 Å². The molecule has 7 heteroatoms. The summed E-state index contributed by atoms with van der Waals surface area (Å²) in [5.74, 6) is 1.11. The molecule has 1 unspecified atom stereocenters. The largest absolute Gasteiger partial charge is 0.355 e. The van der Waals surface area contributed by atoms with Crippen molar-refractivity contribution >= 4 is 39.2 Å². The summed E-state index contributed by atoms with van der Waals surface area (Å²) in [6, 6.07) is 9.84. The number of H-pyrrole nitrogens is 1. The Labute approximate surface area is 160 Å². The van der Waals surface area contributed by atoms with Gasteiger partial charge in [-0.15, -0.1) is 23.1 Å². The summed E-state index contributed by atoms with van der Waals surface area (Å²) in [6.07, 6.45) is 0.913. The van der Waals surface area contributed by atoms with Crippen molar-refractivity contribution in [3.63, 3.8) is 0 Å². The normalized spacial score (nSPS) is 12.2. The Morgan fingerprint density at radius 2 is 2.12 bits per heavy atom. The third kappa shape index (κ3) is 4.16. The van der Waals surface area contributed by atoms with Crippen molar-refractivity contribution in [2.75, 3.05) is 6.54 Å². The third-order valence-corrected chi connectivity index (χ3v) is 5.99. The van der Waals surface area contributed by atoms with Crippen LogP contribution in [0.3, 0.4) is 0 Å². The van der Waals surface area contributed by atoms with Crippen LogP contribution in [0.15, 0.2) is 40.5 Å². The molecule has 0 fully saturated rings. The maximum atomic E-state index is 12.6. The molecule has 0 aliphatic heterocycles. The smallest absolute Gasteiger partial charge is 0.260 e. The second kappa shape index (κ2) is 8.51. The summed E-state index contributed by atoms with van der Waals surface area (Å²) in [6.45, 7) is 4.57. The molecule has 1 aromatic carbocycles. The van der Waals surface area contributed by atoms with Gasteiger partial charge in [0.25, 0.3) is 5.56 Å². The summed E-state index contributed by atoms with van der Waals surface area (Å²) >= 11 is 2.94. The Morgan fingerprint density at radius 1 is 1.35 bits per heavy atom. The first-order chi connectivity index (χ1) is 12.6. The Balaban J connectivity index is 1.78. The van der Waals surface area contributed by atoms with E-state index in [1.807, 2.05) is 49.6 Å². The Bertz CT molecular complexity index is 950. The Kier molecular flexibility index (Phi) is 6.11. The van der Waals surface area contributed by atoms with E-state index in [9.17, 15) is 9.59 Å². The maximum absolute atomic E-state index is 12.6. The Hall–Kier alpha value is -2.12. The fraction of sp³-hybridized carbons (Fsp3) is 0.316. The number of hydrogen-bond donors (Lipinski definition) is 2. The van der Waals surface area contributed by atoms with Gasteiger partial charge in [-0.3, -0.25) is 9.59 Å². The molecule has 26 heavy (non-hydrogen) atoms. The van der Waals surface area contributed by atoms with Crippen LogP contribution in [0.5, 0.6) is 0 Å². The van der Waals surface area contributed by atoms with E-state index >= 15 is 0 Å². The highest BCUT2D eigenvalue weighted by Crippen LogP contribution is 2.30. The lowest BCUT2D eigenvalue weighted by molar-refractivity contribution is -0.120. The van der Waals surface area contributed by atoms with Crippen LogP contribution in [0, 0.1) is 0 Å². The molecule has 0 saturated carbocycles. The van der Waals surface area contributed by atoms with Gasteiger partial charge >= 0.3 is 0 Å². The van der Waals surface area contributed by atoms with Crippen LogP contribution in [0.25, 0.3) is 21.3 Å². The van der Waals surface area contributed by atoms with Crippen LogP contribution in [0.2, 0.25) is 0 Å². The minimum absolute atomic E-state index is 0.0164. The van der Waals surface area contributed by atoms with Crippen molar-refractivity contribution in [2.24, 2.45) is 0 Å². The molecule has 0 aliphatic rings. The highest BCUT2D eigenvalue weighted by atomic mass is 32.2. The predicted molar refractivity (Wildman–Crippen MR) is 110 cm³/mol. The lowest BCUT2D eigenvalue weighted by Crippen LogP contribution is -2.31. The first kappa shape index (κ1) is 18.7. The average molecular weight is 388 g/mol. The molecule has 3 rings (SSSR count). The molecule has 3 aromatic rings. The second-order valence-corrected chi connectivity index (χ2v) is 8.14. The quantitative estimate of drug-likeness (QED) is 0.647. The fourth-order valence-corrected chi connectivity index (χ4v) is 4.31. The van der Waals surface area contributed by atoms with E-state index < -0.39 is 0 Å². The van der Waals surface area contributed by atoms with E-state index in [4.69, 9.17) is 0 Å². The highest BCUT2D eigenvalue weighted by molar-refractivity contribution is 7.99. The molecule has 0 radical (unpaired) electrons. The van der Waals surface area contributed by atoms with Crippen LogP contribution in [-0.4, -0.2) is 27.7 Å². The first-order valence-corrected chi connectivity index (χ1v) is 10.5. The standard InChI is InChI=1S/C19H21N3O2S2/c1-3-9-20-17(23)12(2)25-11-15-21-18(24)16-14(10-26-19(16)22-15)13-7-5-4-6-8-13/h4-8,10,12H,3,9,11H2,1-2H3,(H,20,23)(H,21,22,24). The number of thiophene rings is 1. The number of carbonyl (C=O) groups excluding carboxylic acids is 1. The molecule has 0 aliphatic carbocycles. The predicted octanol–water partition coefficient (Wildman–Crippen LogP) is 3.80. The monoisotopic (exact) mass is 387 g/mol. The average Bonchev–Trinajstić information content (AvgIpc) is 3.09. The molecule has 0 spiro atoms. The van der Waals surface area contributed by atoms with Crippen LogP contribution in [-0.2, 0) is 10.5 Å². The highest BCUT2D eigenvalue weighted by Gasteiger charge is 2.16. The molecular formula is C19H21N3O2S2.